The maximum atomic E-state index is 13.5. The van der Waals surface area contributed by atoms with Crippen LogP contribution in [-0.2, 0) is 11.3 Å². The van der Waals surface area contributed by atoms with E-state index in [0.717, 1.165) is 5.56 Å². The smallest absolute Gasteiger partial charge is 0.293 e. The van der Waals surface area contributed by atoms with Crippen LogP contribution in [0.5, 0.6) is 17.2 Å². The van der Waals surface area contributed by atoms with Gasteiger partial charge < -0.3 is 34.3 Å². The van der Waals surface area contributed by atoms with Crippen LogP contribution in [0.1, 0.15) is 32.9 Å². The Morgan fingerprint density at radius 2 is 1.98 bits per heavy atom. The Hall–Kier alpha value is -5.13. The molecule has 0 saturated carbocycles. The first-order chi connectivity index (χ1) is 20.0. The number of carbonyl (C=O) groups is 3. The van der Waals surface area contributed by atoms with Crippen LogP contribution < -0.4 is 24.8 Å². The van der Waals surface area contributed by atoms with Gasteiger partial charge in [-0.1, -0.05) is 17.3 Å². The largest absolute Gasteiger partial charge is 0.493 e. The Bertz CT molecular complexity index is 1600. The summed E-state index contributed by atoms with van der Waals surface area (Å²) in [5.74, 6) is 0.267. The minimum absolute atomic E-state index is 0.0961. The van der Waals surface area contributed by atoms with Crippen molar-refractivity contribution in [3.8, 4) is 17.2 Å². The lowest BCUT2D eigenvalue weighted by molar-refractivity contribution is -0.123. The van der Waals surface area contributed by atoms with Crippen molar-refractivity contribution in [2.24, 2.45) is 0 Å². The molecule has 3 amide bonds. The number of fused-ring (bicyclic) bond motifs is 8. The van der Waals surface area contributed by atoms with E-state index in [1.165, 1.54) is 13.2 Å². The normalized spacial score (nSPS) is 19.3. The molecule has 5 heterocycles. The Morgan fingerprint density at radius 1 is 1.12 bits per heavy atom. The van der Waals surface area contributed by atoms with Crippen LogP contribution in [-0.4, -0.2) is 71.7 Å². The van der Waals surface area contributed by atoms with Gasteiger partial charge >= 0.3 is 0 Å². The van der Waals surface area contributed by atoms with Crippen molar-refractivity contribution >= 4 is 28.8 Å². The van der Waals surface area contributed by atoms with E-state index in [9.17, 15) is 14.4 Å². The summed E-state index contributed by atoms with van der Waals surface area (Å²) in [6.07, 6.45) is 1.61. The van der Waals surface area contributed by atoms with Crippen molar-refractivity contribution in [1.82, 2.24) is 25.7 Å². The quantitative estimate of drug-likeness (QED) is 0.379. The number of amides is 3. The van der Waals surface area contributed by atoms with Gasteiger partial charge in [0.25, 0.3) is 17.7 Å². The van der Waals surface area contributed by atoms with Crippen molar-refractivity contribution in [3.05, 3.63) is 77.7 Å². The number of ether oxygens (including phenoxy) is 3. The monoisotopic (exact) mass is 557 g/mol. The highest BCUT2D eigenvalue weighted by Gasteiger charge is 2.36. The molecule has 210 valence electrons. The number of aromatic nitrogens is 2. The molecule has 12 heteroatoms. The van der Waals surface area contributed by atoms with Gasteiger partial charge in [-0.05, 0) is 48.0 Å². The molecular weight excluding hydrogens is 530 g/mol. The molecule has 4 aromatic rings. The molecule has 2 aromatic carbocycles. The predicted molar refractivity (Wildman–Crippen MR) is 145 cm³/mol. The number of nitrogens with zero attached hydrogens (tertiary/aromatic N) is 3. The van der Waals surface area contributed by atoms with Crippen LogP contribution in [0, 0.1) is 0 Å². The summed E-state index contributed by atoms with van der Waals surface area (Å²) in [7, 11) is 1.48. The minimum Gasteiger partial charge on any atom is -0.493 e. The van der Waals surface area contributed by atoms with E-state index in [0.29, 0.717) is 47.6 Å². The molecule has 1 saturated heterocycles. The second kappa shape index (κ2) is 11.2. The van der Waals surface area contributed by atoms with Crippen molar-refractivity contribution in [2.45, 2.75) is 25.1 Å². The van der Waals surface area contributed by atoms with Gasteiger partial charge in [-0.15, -0.1) is 0 Å². The zero-order valence-corrected chi connectivity index (χ0v) is 22.2. The lowest BCUT2D eigenvalue weighted by atomic mass is 10.00. The Labute approximate surface area is 234 Å². The van der Waals surface area contributed by atoms with Gasteiger partial charge in [0, 0.05) is 37.8 Å². The highest BCUT2D eigenvalue weighted by Crippen LogP contribution is 2.29. The Balaban J connectivity index is 1.30. The molecule has 1 fully saturated rings. The SMILES string of the molecule is COc1ccc2cc1OCC(=O)NCc1ccc(cc1)O[C@@H]1CCN(C(=O)c3onc4ncccc34)C[C@@H]1NC2=O. The van der Waals surface area contributed by atoms with Gasteiger partial charge in [0.1, 0.15) is 11.9 Å². The van der Waals surface area contributed by atoms with E-state index in [-0.39, 0.29) is 36.5 Å². The van der Waals surface area contributed by atoms with Crippen molar-refractivity contribution in [2.75, 3.05) is 26.8 Å². The number of piperidine rings is 1. The molecular formula is C29H27N5O7. The number of methoxy groups -OCH3 is 1. The van der Waals surface area contributed by atoms with E-state index in [2.05, 4.69) is 20.8 Å². The first-order valence-electron chi connectivity index (χ1n) is 13.1. The number of rotatable bonds is 2. The fourth-order valence-electron chi connectivity index (χ4n) is 4.92. The molecule has 12 nitrogen and oxygen atoms in total. The Morgan fingerprint density at radius 3 is 2.80 bits per heavy atom. The maximum absolute atomic E-state index is 13.5. The van der Waals surface area contributed by atoms with E-state index >= 15 is 0 Å². The third kappa shape index (κ3) is 5.49. The summed E-state index contributed by atoms with van der Waals surface area (Å²) in [6.45, 7) is 0.613. The summed E-state index contributed by atoms with van der Waals surface area (Å²) in [5, 5.41) is 10.3. The molecule has 2 aromatic heterocycles. The lowest BCUT2D eigenvalue weighted by Gasteiger charge is -2.38. The molecule has 2 atom stereocenters. The highest BCUT2D eigenvalue weighted by atomic mass is 16.5. The van der Waals surface area contributed by atoms with Crippen LogP contribution >= 0.6 is 0 Å². The zero-order valence-electron chi connectivity index (χ0n) is 22.2. The predicted octanol–water partition coefficient (Wildman–Crippen LogP) is 2.33. The average Bonchev–Trinajstić information content (AvgIpc) is 3.44. The third-order valence-electron chi connectivity index (χ3n) is 7.09. The summed E-state index contributed by atoms with van der Waals surface area (Å²) >= 11 is 0. The van der Waals surface area contributed by atoms with Crippen LogP contribution in [0.25, 0.3) is 11.0 Å². The van der Waals surface area contributed by atoms with Crippen LogP contribution in [0.15, 0.2) is 65.3 Å². The van der Waals surface area contributed by atoms with E-state index in [4.69, 9.17) is 18.7 Å². The van der Waals surface area contributed by atoms with Crippen LogP contribution in [0.4, 0.5) is 0 Å². The number of benzene rings is 2. The molecule has 0 spiro atoms. The van der Waals surface area contributed by atoms with Gasteiger partial charge in [0.05, 0.1) is 18.5 Å². The molecule has 0 radical (unpaired) electrons. The minimum atomic E-state index is -0.558. The lowest BCUT2D eigenvalue weighted by Crippen LogP contribution is -2.58. The van der Waals surface area contributed by atoms with E-state index in [1.54, 1.807) is 35.4 Å². The fraction of sp³-hybridized carbons (Fsp3) is 0.276. The number of nitrogens with one attached hydrogen (secondary N) is 2. The van der Waals surface area contributed by atoms with Gasteiger partial charge in [0.2, 0.25) is 11.4 Å². The molecule has 0 aliphatic carbocycles. The van der Waals surface area contributed by atoms with Gasteiger partial charge in [-0.3, -0.25) is 14.4 Å². The summed E-state index contributed by atoms with van der Waals surface area (Å²) in [4.78, 5) is 45.1. The number of hydrogen-bond donors (Lipinski definition) is 2. The first-order valence-corrected chi connectivity index (χ1v) is 13.1. The molecule has 7 rings (SSSR count). The number of hydrogen-bond acceptors (Lipinski definition) is 9. The fourth-order valence-corrected chi connectivity index (χ4v) is 4.92. The molecule has 3 aliphatic rings. The standard InChI is InChI=1S/C29H27N5O7/c1-38-23-9-6-18-13-24(23)39-16-25(35)31-14-17-4-7-19(8-5-17)40-22-10-12-34(15-21(22)32-28(18)36)29(37)26-20-3-2-11-30-27(20)33-41-26/h2-9,11,13,21-22H,10,12,14-16H2,1H3,(H,31,35)(H,32,36)/t21-,22+/m0/s1. The second-order valence-corrected chi connectivity index (χ2v) is 9.74. The molecule has 4 bridgehead atoms. The third-order valence-corrected chi connectivity index (χ3v) is 7.09. The van der Waals surface area contributed by atoms with Crippen molar-refractivity contribution < 1.29 is 33.1 Å². The van der Waals surface area contributed by atoms with Gasteiger partial charge in [-0.2, -0.15) is 0 Å². The average molecular weight is 558 g/mol. The number of likely N-dealkylation sites (tertiary alicyclic amines) is 1. The first kappa shape index (κ1) is 26.1. The van der Waals surface area contributed by atoms with Gasteiger partial charge in [0.15, 0.2) is 18.1 Å². The highest BCUT2D eigenvalue weighted by molar-refractivity contribution is 6.03. The topological polar surface area (TPSA) is 145 Å². The Kier molecular flexibility index (Phi) is 7.11. The molecule has 0 unspecified atom stereocenters. The van der Waals surface area contributed by atoms with Crippen molar-refractivity contribution in [1.29, 1.82) is 0 Å². The van der Waals surface area contributed by atoms with Crippen LogP contribution in [0.3, 0.4) is 0 Å². The van der Waals surface area contributed by atoms with Crippen LogP contribution in [0.2, 0.25) is 0 Å². The maximum Gasteiger partial charge on any atom is 0.293 e. The molecule has 2 N–H and O–H groups in total. The van der Waals surface area contributed by atoms with E-state index < -0.39 is 18.1 Å². The summed E-state index contributed by atoms with van der Waals surface area (Å²) in [6, 6.07) is 14.9. The van der Waals surface area contributed by atoms with Gasteiger partial charge in [-0.25, -0.2) is 4.98 Å². The van der Waals surface area contributed by atoms with E-state index in [1.807, 2.05) is 24.3 Å². The molecule has 3 aliphatic heterocycles. The number of carbonyl (C=O) groups excluding carboxylic acids is 3. The summed E-state index contributed by atoms with van der Waals surface area (Å²) < 4.78 is 22.7. The molecule has 41 heavy (non-hydrogen) atoms. The second-order valence-electron chi connectivity index (χ2n) is 9.74. The van der Waals surface area contributed by atoms with Crippen molar-refractivity contribution in [3.63, 3.8) is 0 Å². The zero-order chi connectivity index (χ0) is 28.3. The number of pyridine rings is 1. The summed E-state index contributed by atoms with van der Waals surface area (Å²) in [5.41, 5.74) is 1.53.